The summed E-state index contributed by atoms with van der Waals surface area (Å²) in [5.41, 5.74) is 0.523. The first-order valence-electron chi connectivity index (χ1n) is 6.81. The Morgan fingerprint density at radius 1 is 0.920 bits per heavy atom. The second-order valence-corrected chi connectivity index (χ2v) is 6.57. The number of nitrogens with zero attached hydrogens (tertiary/aromatic N) is 2. The van der Waals surface area contributed by atoms with E-state index in [-0.39, 0.29) is 37.4 Å². The van der Waals surface area contributed by atoms with E-state index in [0.29, 0.717) is 0 Å². The Kier molecular flexibility index (Phi) is 5.23. The standard InChI is InChI=1S/C16H8Cl4F2N2O/c17-10-5-7(21)1-3-9(10)14(25)13-15(19)23-16(20)24(13)12-4-2-8(22)6-11(12)18/h1-6,14,25H. The molecule has 0 amide bonds. The minimum Gasteiger partial charge on any atom is -0.382 e. The summed E-state index contributed by atoms with van der Waals surface area (Å²) in [7, 11) is 0. The van der Waals surface area contributed by atoms with E-state index in [4.69, 9.17) is 46.4 Å². The number of aliphatic hydroxyl groups is 1. The van der Waals surface area contributed by atoms with Gasteiger partial charge in [-0.05, 0) is 41.9 Å². The molecule has 0 radical (unpaired) electrons. The molecule has 3 rings (SSSR count). The normalized spacial score (nSPS) is 12.4. The molecule has 1 unspecified atom stereocenters. The summed E-state index contributed by atoms with van der Waals surface area (Å²) in [6.45, 7) is 0. The summed E-state index contributed by atoms with van der Waals surface area (Å²) >= 11 is 24.3. The fraction of sp³-hybridized carbons (Fsp3) is 0.0625. The first-order chi connectivity index (χ1) is 11.8. The molecule has 0 bridgehead atoms. The van der Waals surface area contributed by atoms with Crippen LogP contribution in [-0.4, -0.2) is 14.7 Å². The third kappa shape index (κ3) is 3.48. The number of imidazole rings is 1. The molecule has 3 nitrogen and oxygen atoms in total. The van der Waals surface area contributed by atoms with Crippen LogP contribution in [0.1, 0.15) is 17.4 Å². The van der Waals surface area contributed by atoms with Crippen LogP contribution >= 0.6 is 46.4 Å². The molecule has 0 spiro atoms. The first-order valence-corrected chi connectivity index (χ1v) is 8.33. The molecule has 2 aromatic carbocycles. The predicted octanol–water partition coefficient (Wildman–Crippen LogP) is 5.85. The highest BCUT2D eigenvalue weighted by Crippen LogP contribution is 2.37. The van der Waals surface area contributed by atoms with Gasteiger partial charge in [-0.25, -0.2) is 13.8 Å². The van der Waals surface area contributed by atoms with E-state index < -0.39 is 17.7 Å². The Balaban J connectivity index is 2.20. The van der Waals surface area contributed by atoms with Crippen molar-refractivity contribution in [3.05, 3.63) is 79.8 Å². The molecule has 0 fully saturated rings. The summed E-state index contributed by atoms with van der Waals surface area (Å²) in [6, 6.07) is 7.14. The molecule has 3 aromatic rings. The first kappa shape index (κ1) is 18.4. The largest absolute Gasteiger partial charge is 0.382 e. The van der Waals surface area contributed by atoms with Crippen LogP contribution in [0.5, 0.6) is 0 Å². The molecular formula is C16H8Cl4F2N2O. The molecule has 0 aliphatic rings. The summed E-state index contributed by atoms with van der Waals surface area (Å²) in [4.78, 5) is 3.91. The van der Waals surface area contributed by atoms with Gasteiger partial charge in [0.2, 0.25) is 5.28 Å². The molecule has 130 valence electrons. The van der Waals surface area contributed by atoms with Gasteiger partial charge in [0, 0.05) is 10.6 Å². The highest BCUT2D eigenvalue weighted by atomic mass is 35.5. The van der Waals surface area contributed by atoms with E-state index in [1.54, 1.807) is 0 Å². The van der Waals surface area contributed by atoms with Crippen LogP contribution in [0.3, 0.4) is 0 Å². The van der Waals surface area contributed by atoms with E-state index in [2.05, 4.69) is 4.98 Å². The smallest absolute Gasteiger partial charge is 0.209 e. The number of rotatable bonds is 3. The Morgan fingerprint density at radius 2 is 1.52 bits per heavy atom. The van der Waals surface area contributed by atoms with Crippen molar-refractivity contribution < 1.29 is 13.9 Å². The molecule has 0 saturated heterocycles. The maximum Gasteiger partial charge on any atom is 0.209 e. The van der Waals surface area contributed by atoms with Gasteiger partial charge in [0.15, 0.2) is 5.15 Å². The van der Waals surface area contributed by atoms with Crippen LogP contribution in [0.15, 0.2) is 36.4 Å². The van der Waals surface area contributed by atoms with Crippen LogP contribution in [0.4, 0.5) is 8.78 Å². The fourth-order valence-corrected chi connectivity index (χ4v) is 3.48. The third-order valence-electron chi connectivity index (χ3n) is 3.49. The Morgan fingerprint density at radius 3 is 2.12 bits per heavy atom. The van der Waals surface area contributed by atoms with Crippen LogP contribution in [-0.2, 0) is 0 Å². The zero-order chi connectivity index (χ0) is 18.3. The average molecular weight is 424 g/mol. The van der Waals surface area contributed by atoms with Gasteiger partial charge in [0.25, 0.3) is 0 Å². The lowest BCUT2D eigenvalue weighted by Crippen LogP contribution is -2.09. The van der Waals surface area contributed by atoms with Crippen molar-refractivity contribution >= 4 is 46.4 Å². The number of aromatic nitrogens is 2. The second-order valence-electron chi connectivity index (χ2n) is 5.06. The summed E-state index contributed by atoms with van der Waals surface area (Å²) in [6.07, 6.45) is -1.37. The molecule has 1 heterocycles. The zero-order valence-corrected chi connectivity index (χ0v) is 15.2. The topological polar surface area (TPSA) is 38.1 Å². The zero-order valence-electron chi connectivity index (χ0n) is 12.2. The van der Waals surface area contributed by atoms with Gasteiger partial charge in [-0.1, -0.05) is 40.9 Å². The molecule has 0 aliphatic carbocycles. The lowest BCUT2D eigenvalue weighted by atomic mass is 10.1. The van der Waals surface area contributed by atoms with Crippen LogP contribution in [0, 0.1) is 11.6 Å². The van der Waals surface area contributed by atoms with Crippen molar-refractivity contribution in [3.8, 4) is 5.69 Å². The second kappa shape index (κ2) is 7.09. The van der Waals surface area contributed by atoms with Crippen molar-refractivity contribution in [3.63, 3.8) is 0 Å². The van der Waals surface area contributed by atoms with Crippen LogP contribution in [0.25, 0.3) is 5.69 Å². The molecule has 1 aromatic heterocycles. The molecule has 0 aliphatic heterocycles. The van der Waals surface area contributed by atoms with Gasteiger partial charge >= 0.3 is 0 Å². The van der Waals surface area contributed by atoms with Gasteiger partial charge in [-0.15, -0.1) is 0 Å². The number of hydrogen-bond donors (Lipinski definition) is 1. The molecule has 1 atom stereocenters. The highest BCUT2D eigenvalue weighted by molar-refractivity contribution is 6.34. The predicted molar refractivity (Wildman–Crippen MR) is 94.0 cm³/mol. The summed E-state index contributed by atoms with van der Waals surface area (Å²) in [5, 5.41) is 10.6. The van der Waals surface area contributed by atoms with Crippen molar-refractivity contribution in [2.45, 2.75) is 6.10 Å². The molecule has 9 heteroatoms. The summed E-state index contributed by atoms with van der Waals surface area (Å²) < 4.78 is 27.8. The van der Waals surface area contributed by atoms with E-state index >= 15 is 0 Å². The van der Waals surface area contributed by atoms with Crippen molar-refractivity contribution in [2.24, 2.45) is 0 Å². The van der Waals surface area contributed by atoms with Crippen molar-refractivity contribution in [1.29, 1.82) is 0 Å². The molecule has 25 heavy (non-hydrogen) atoms. The van der Waals surface area contributed by atoms with Gasteiger partial charge in [-0.3, -0.25) is 4.57 Å². The van der Waals surface area contributed by atoms with Crippen LogP contribution in [0.2, 0.25) is 20.5 Å². The quantitative estimate of drug-likeness (QED) is 0.574. The minimum absolute atomic E-state index is 0.00218. The number of halogens is 6. The Hall–Kier alpha value is -1.37. The van der Waals surface area contributed by atoms with Crippen molar-refractivity contribution in [1.82, 2.24) is 9.55 Å². The monoisotopic (exact) mass is 422 g/mol. The molecular weight excluding hydrogens is 416 g/mol. The Bertz CT molecular complexity index is 962. The minimum atomic E-state index is -1.37. The Labute approximate surface area is 161 Å². The fourth-order valence-electron chi connectivity index (χ4n) is 2.38. The van der Waals surface area contributed by atoms with Gasteiger partial charge < -0.3 is 5.11 Å². The maximum absolute atomic E-state index is 13.3. The van der Waals surface area contributed by atoms with E-state index in [1.807, 2.05) is 0 Å². The van der Waals surface area contributed by atoms with E-state index in [9.17, 15) is 13.9 Å². The van der Waals surface area contributed by atoms with Crippen LogP contribution < -0.4 is 0 Å². The maximum atomic E-state index is 13.3. The summed E-state index contributed by atoms with van der Waals surface area (Å²) in [5.74, 6) is -1.10. The SMILES string of the molecule is OC(c1ccc(F)cc1Cl)c1c(Cl)nc(Cl)n1-c1ccc(F)cc1Cl. The highest BCUT2D eigenvalue weighted by Gasteiger charge is 2.26. The van der Waals surface area contributed by atoms with E-state index in [0.717, 1.165) is 18.2 Å². The number of hydrogen-bond acceptors (Lipinski definition) is 2. The van der Waals surface area contributed by atoms with Gasteiger partial charge in [-0.2, -0.15) is 0 Å². The number of benzene rings is 2. The molecule has 1 N–H and O–H groups in total. The lowest BCUT2D eigenvalue weighted by molar-refractivity contribution is 0.213. The third-order valence-corrected chi connectivity index (χ3v) is 4.66. The molecule has 0 saturated carbocycles. The van der Waals surface area contributed by atoms with Gasteiger partial charge in [0.05, 0.1) is 16.4 Å². The van der Waals surface area contributed by atoms with Crippen molar-refractivity contribution in [2.75, 3.05) is 0 Å². The number of aliphatic hydroxyl groups excluding tert-OH is 1. The lowest BCUT2D eigenvalue weighted by Gasteiger charge is -2.17. The van der Waals surface area contributed by atoms with E-state index in [1.165, 1.54) is 22.8 Å². The average Bonchev–Trinajstić information content (AvgIpc) is 2.81. The van der Waals surface area contributed by atoms with Gasteiger partial charge in [0.1, 0.15) is 17.7 Å².